The molecule has 21 heavy (non-hydrogen) atoms. The van der Waals surface area contributed by atoms with Crippen LogP contribution < -0.4 is 5.32 Å². The van der Waals surface area contributed by atoms with E-state index in [1.165, 1.54) is 24.3 Å². The number of nitrogens with one attached hydrogen (secondary N) is 1. The van der Waals surface area contributed by atoms with Gasteiger partial charge in [0.1, 0.15) is 5.82 Å². The number of aliphatic hydroxyl groups excluding tert-OH is 1. The van der Waals surface area contributed by atoms with Crippen LogP contribution in [0.15, 0.2) is 42.5 Å². The highest BCUT2D eigenvalue weighted by Crippen LogP contribution is 2.32. The second-order valence-electron chi connectivity index (χ2n) is 5.07. The molecule has 0 radical (unpaired) electrons. The summed E-state index contributed by atoms with van der Waals surface area (Å²) >= 11 is 2.20. The van der Waals surface area contributed by atoms with Crippen LogP contribution in [-0.4, -0.2) is 17.1 Å². The van der Waals surface area contributed by atoms with Gasteiger partial charge in [0.15, 0.2) is 0 Å². The van der Waals surface area contributed by atoms with Crippen LogP contribution in [0.2, 0.25) is 0 Å². The van der Waals surface area contributed by atoms with E-state index in [0.717, 1.165) is 14.7 Å². The summed E-state index contributed by atoms with van der Waals surface area (Å²) < 4.78 is 13.9. The van der Waals surface area contributed by atoms with E-state index in [0.29, 0.717) is 12.0 Å². The zero-order valence-corrected chi connectivity index (χ0v) is 13.2. The molecule has 3 rings (SSSR count). The Morgan fingerprint density at radius 2 is 1.95 bits per heavy atom. The summed E-state index contributed by atoms with van der Waals surface area (Å²) in [5.41, 5.74) is 2.37. The molecular weight excluding hydrogens is 384 g/mol. The lowest BCUT2D eigenvalue weighted by molar-refractivity contribution is 0.0858. The van der Waals surface area contributed by atoms with Crippen molar-refractivity contribution < 1.29 is 14.3 Å². The number of amides is 1. The predicted molar refractivity (Wildman–Crippen MR) is 85.5 cm³/mol. The van der Waals surface area contributed by atoms with Gasteiger partial charge in [0.2, 0.25) is 0 Å². The van der Waals surface area contributed by atoms with Crippen LogP contribution in [-0.2, 0) is 6.42 Å². The summed E-state index contributed by atoms with van der Waals surface area (Å²) in [4.78, 5) is 12.2. The average Bonchev–Trinajstić information content (AvgIpc) is 2.76. The van der Waals surface area contributed by atoms with Crippen LogP contribution in [0.4, 0.5) is 4.39 Å². The Labute approximate surface area is 135 Å². The third kappa shape index (κ3) is 2.94. The Hall–Kier alpha value is -1.47. The number of carbonyl (C=O) groups is 1. The second-order valence-corrected chi connectivity index (χ2v) is 6.32. The second kappa shape index (κ2) is 5.73. The van der Waals surface area contributed by atoms with Crippen molar-refractivity contribution in [1.82, 2.24) is 5.32 Å². The van der Waals surface area contributed by atoms with Crippen LogP contribution in [0.1, 0.15) is 27.5 Å². The number of fused-ring (bicyclic) bond motifs is 1. The van der Waals surface area contributed by atoms with Gasteiger partial charge in [0, 0.05) is 15.6 Å². The molecule has 108 valence electrons. The molecule has 0 fully saturated rings. The highest BCUT2D eigenvalue weighted by Gasteiger charge is 2.32. The lowest BCUT2D eigenvalue weighted by Gasteiger charge is -2.18. The van der Waals surface area contributed by atoms with Crippen molar-refractivity contribution in [3.63, 3.8) is 0 Å². The summed E-state index contributed by atoms with van der Waals surface area (Å²) in [5, 5.41) is 13.0. The summed E-state index contributed by atoms with van der Waals surface area (Å²) in [6.07, 6.45) is -0.108. The maximum absolute atomic E-state index is 12.9. The van der Waals surface area contributed by atoms with Gasteiger partial charge in [-0.05, 0) is 70.1 Å². The van der Waals surface area contributed by atoms with Crippen LogP contribution >= 0.6 is 22.6 Å². The zero-order chi connectivity index (χ0) is 15.0. The monoisotopic (exact) mass is 397 g/mol. The highest BCUT2D eigenvalue weighted by molar-refractivity contribution is 14.1. The molecule has 2 aromatic rings. The maximum Gasteiger partial charge on any atom is 0.251 e. The van der Waals surface area contributed by atoms with E-state index < -0.39 is 12.1 Å². The summed E-state index contributed by atoms with van der Waals surface area (Å²) in [7, 11) is 0. The molecule has 5 heteroatoms. The van der Waals surface area contributed by atoms with Gasteiger partial charge in [-0.3, -0.25) is 4.79 Å². The molecule has 0 aromatic heterocycles. The molecule has 1 aliphatic carbocycles. The van der Waals surface area contributed by atoms with E-state index in [2.05, 4.69) is 27.9 Å². The van der Waals surface area contributed by atoms with Gasteiger partial charge in [-0.2, -0.15) is 0 Å². The molecule has 0 bridgehead atoms. The topological polar surface area (TPSA) is 49.3 Å². The number of rotatable bonds is 2. The first kappa shape index (κ1) is 14.5. The molecule has 2 unspecified atom stereocenters. The molecule has 0 saturated carbocycles. The molecule has 0 spiro atoms. The lowest BCUT2D eigenvalue weighted by Crippen LogP contribution is -2.33. The van der Waals surface area contributed by atoms with E-state index in [1.54, 1.807) is 0 Å². The summed E-state index contributed by atoms with van der Waals surface area (Å²) in [6, 6.07) is 10.9. The Morgan fingerprint density at radius 1 is 1.24 bits per heavy atom. The van der Waals surface area contributed by atoms with Gasteiger partial charge in [-0.1, -0.05) is 6.07 Å². The van der Waals surface area contributed by atoms with Gasteiger partial charge in [0.25, 0.3) is 5.91 Å². The first-order chi connectivity index (χ1) is 10.0. The van der Waals surface area contributed by atoms with E-state index in [4.69, 9.17) is 0 Å². The third-order valence-electron chi connectivity index (χ3n) is 3.65. The van der Waals surface area contributed by atoms with Gasteiger partial charge in [0.05, 0.1) is 12.1 Å². The number of carbonyl (C=O) groups excluding carboxylic acids is 1. The summed E-state index contributed by atoms with van der Waals surface area (Å²) in [6.45, 7) is 0. The normalized spacial score (nSPS) is 20.1. The van der Waals surface area contributed by atoms with Gasteiger partial charge >= 0.3 is 0 Å². The largest absolute Gasteiger partial charge is 0.390 e. The SMILES string of the molecule is O=C(NC1c2cc(I)ccc2CC1O)c1ccc(F)cc1. The Bertz CT molecular complexity index is 687. The molecular formula is C16H13FINO2. The van der Waals surface area contributed by atoms with Crippen LogP contribution in [0, 0.1) is 9.39 Å². The maximum atomic E-state index is 12.9. The minimum absolute atomic E-state index is 0.314. The van der Waals surface area contributed by atoms with E-state index in [-0.39, 0.29) is 11.7 Å². The average molecular weight is 397 g/mol. The molecule has 1 aliphatic rings. The van der Waals surface area contributed by atoms with E-state index >= 15 is 0 Å². The molecule has 0 heterocycles. The van der Waals surface area contributed by atoms with Crippen molar-refractivity contribution in [3.8, 4) is 0 Å². The molecule has 0 saturated heterocycles. The number of halogens is 2. The molecule has 1 amide bonds. The standard InChI is InChI=1S/C16H13FINO2/c17-11-4-1-9(2-5-11)16(21)19-15-13-8-12(18)6-3-10(13)7-14(15)20/h1-6,8,14-15,20H,7H2,(H,19,21). The number of hydrogen-bond acceptors (Lipinski definition) is 2. The number of aliphatic hydroxyl groups is 1. The first-order valence-electron chi connectivity index (χ1n) is 6.57. The van der Waals surface area contributed by atoms with E-state index in [1.807, 2.05) is 18.2 Å². The van der Waals surface area contributed by atoms with Crippen molar-refractivity contribution in [2.45, 2.75) is 18.6 Å². The summed E-state index contributed by atoms with van der Waals surface area (Å²) in [5.74, 6) is -0.696. The quantitative estimate of drug-likeness (QED) is 0.766. The van der Waals surface area contributed by atoms with Crippen molar-refractivity contribution in [2.75, 3.05) is 0 Å². The van der Waals surface area contributed by atoms with Crippen LogP contribution in [0.5, 0.6) is 0 Å². The van der Waals surface area contributed by atoms with Gasteiger partial charge in [-0.25, -0.2) is 4.39 Å². The zero-order valence-electron chi connectivity index (χ0n) is 11.0. The number of benzene rings is 2. The van der Waals surface area contributed by atoms with Crippen molar-refractivity contribution >= 4 is 28.5 Å². The molecule has 2 N–H and O–H groups in total. The Kier molecular flexibility index (Phi) is 3.95. The van der Waals surface area contributed by atoms with Gasteiger partial charge < -0.3 is 10.4 Å². The van der Waals surface area contributed by atoms with Crippen LogP contribution in [0.25, 0.3) is 0 Å². The lowest BCUT2D eigenvalue weighted by atomic mass is 10.1. The Balaban J connectivity index is 1.83. The highest BCUT2D eigenvalue weighted by atomic mass is 127. The van der Waals surface area contributed by atoms with Gasteiger partial charge in [-0.15, -0.1) is 0 Å². The van der Waals surface area contributed by atoms with Crippen molar-refractivity contribution in [2.24, 2.45) is 0 Å². The molecule has 3 nitrogen and oxygen atoms in total. The molecule has 0 aliphatic heterocycles. The fourth-order valence-electron chi connectivity index (χ4n) is 2.59. The molecule has 2 aromatic carbocycles. The first-order valence-corrected chi connectivity index (χ1v) is 7.65. The van der Waals surface area contributed by atoms with Crippen molar-refractivity contribution in [3.05, 3.63) is 68.5 Å². The van der Waals surface area contributed by atoms with Crippen LogP contribution in [0.3, 0.4) is 0 Å². The Morgan fingerprint density at radius 3 is 2.67 bits per heavy atom. The van der Waals surface area contributed by atoms with Crippen molar-refractivity contribution in [1.29, 1.82) is 0 Å². The smallest absolute Gasteiger partial charge is 0.251 e. The minimum Gasteiger partial charge on any atom is -0.390 e. The predicted octanol–water partition coefficient (Wildman–Crippen LogP) is 2.82. The number of hydrogen-bond donors (Lipinski definition) is 2. The fourth-order valence-corrected chi connectivity index (χ4v) is 3.11. The molecule has 2 atom stereocenters. The minimum atomic E-state index is -0.636. The van der Waals surface area contributed by atoms with E-state index in [9.17, 15) is 14.3 Å². The fraction of sp³-hybridized carbons (Fsp3) is 0.188. The third-order valence-corrected chi connectivity index (χ3v) is 4.32.